The van der Waals surface area contributed by atoms with Gasteiger partial charge in [-0.1, -0.05) is 43.6 Å². The Hall–Kier alpha value is -3.42. The maximum Gasteiger partial charge on any atom is 0.256 e. The summed E-state index contributed by atoms with van der Waals surface area (Å²) in [7, 11) is 0. The number of carbonyl (C=O) groups excluding carboxylic acids is 2. The second kappa shape index (κ2) is 10.7. The van der Waals surface area contributed by atoms with Crippen LogP contribution in [-0.2, 0) is 4.79 Å². The zero-order chi connectivity index (χ0) is 26.0. The molecule has 3 aromatic rings. The zero-order valence-electron chi connectivity index (χ0n) is 20.9. The molecule has 0 saturated heterocycles. The molecule has 2 heterocycles. The van der Waals surface area contributed by atoms with Crippen LogP contribution in [0.1, 0.15) is 46.7 Å². The number of nitrogens with zero attached hydrogens (tertiary/aromatic N) is 1. The first-order chi connectivity index (χ1) is 17.2. The predicted molar refractivity (Wildman–Crippen MR) is 144 cm³/mol. The molecule has 0 spiro atoms. The molecular formula is C28H30ClFN4O2. The Morgan fingerprint density at radius 3 is 2.61 bits per heavy atom. The van der Waals surface area contributed by atoms with Gasteiger partial charge in [-0.2, -0.15) is 0 Å². The molecule has 0 radical (unpaired) electrons. The summed E-state index contributed by atoms with van der Waals surface area (Å²) in [4.78, 5) is 31.5. The Labute approximate surface area is 215 Å². The highest BCUT2D eigenvalue weighted by atomic mass is 35.5. The molecule has 2 aromatic carbocycles. The molecule has 2 amide bonds. The van der Waals surface area contributed by atoms with Crippen LogP contribution in [0.3, 0.4) is 0 Å². The first-order valence-corrected chi connectivity index (χ1v) is 12.4. The topological polar surface area (TPSA) is 77.2 Å². The molecule has 0 unspecified atom stereocenters. The number of aromatic amines is 1. The maximum atomic E-state index is 13.8. The molecule has 6 nitrogen and oxygen atoms in total. The number of fused-ring (bicyclic) bond motifs is 1. The highest BCUT2D eigenvalue weighted by Gasteiger charge is 2.28. The van der Waals surface area contributed by atoms with Gasteiger partial charge in [0.2, 0.25) is 0 Å². The van der Waals surface area contributed by atoms with E-state index in [1.807, 2.05) is 32.0 Å². The quantitative estimate of drug-likeness (QED) is 0.344. The first-order valence-electron chi connectivity index (χ1n) is 12.1. The van der Waals surface area contributed by atoms with Crippen molar-refractivity contribution >= 4 is 40.8 Å². The molecule has 36 heavy (non-hydrogen) atoms. The molecule has 0 bridgehead atoms. The third-order valence-electron chi connectivity index (χ3n) is 6.66. The van der Waals surface area contributed by atoms with Crippen LogP contribution in [0, 0.1) is 19.7 Å². The van der Waals surface area contributed by atoms with Gasteiger partial charge in [-0.25, -0.2) is 4.39 Å². The number of H-pyrrole nitrogens is 1. The molecule has 1 aromatic heterocycles. The number of nitrogens with one attached hydrogen (secondary N) is 3. The Kier molecular flexibility index (Phi) is 7.62. The summed E-state index contributed by atoms with van der Waals surface area (Å²) in [5.41, 5.74) is 6.06. The van der Waals surface area contributed by atoms with E-state index in [0.29, 0.717) is 40.2 Å². The van der Waals surface area contributed by atoms with Gasteiger partial charge in [0, 0.05) is 35.7 Å². The van der Waals surface area contributed by atoms with Gasteiger partial charge >= 0.3 is 0 Å². The minimum atomic E-state index is -0.502. The van der Waals surface area contributed by atoms with Crippen molar-refractivity contribution in [3.8, 4) is 11.1 Å². The monoisotopic (exact) mass is 508 g/mol. The number of hydrogen-bond acceptors (Lipinski definition) is 3. The Bertz CT molecular complexity index is 1360. The van der Waals surface area contributed by atoms with Crippen LogP contribution >= 0.6 is 11.6 Å². The van der Waals surface area contributed by atoms with Crippen molar-refractivity contribution in [3.63, 3.8) is 0 Å². The smallest absolute Gasteiger partial charge is 0.256 e. The molecule has 0 aliphatic carbocycles. The van der Waals surface area contributed by atoms with Crippen molar-refractivity contribution in [2.45, 2.75) is 27.7 Å². The normalized spacial score (nSPS) is 13.9. The Balaban J connectivity index is 1.68. The number of hydrogen-bond donors (Lipinski definition) is 3. The number of aromatic nitrogens is 1. The van der Waals surface area contributed by atoms with Gasteiger partial charge in [-0.3, -0.25) is 9.59 Å². The van der Waals surface area contributed by atoms with Crippen molar-refractivity contribution in [2.24, 2.45) is 0 Å². The first kappa shape index (κ1) is 25.7. The van der Waals surface area contributed by atoms with Crippen LogP contribution < -0.4 is 10.6 Å². The molecule has 1 aliphatic heterocycles. The number of aryl methyl sites for hydroxylation is 1. The number of benzene rings is 2. The number of carbonyl (C=O) groups is 2. The van der Waals surface area contributed by atoms with Gasteiger partial charge in [0.05, 0.1) is 16.2 Å². The van der Waals surface area contributed by atoms with Crippen molar-refractivity contribution in [1.82, 2.24) is 15.2 Å². The van der Waals surface area contributed by atoms with E-state index in [0.717, 1.165) is 36.5 Å². The van der Waals surface area contributed by atoms with Gasteiger partial charge in [0.25, 0.3) is 11.8 Å². The van der Waals surface area contributed by atoms with Crippen LogP contribution in [0.2, 0.25) is 5.02 Å². The summed E-state index contributed by atoms with van der Waals surface area (Å²) in [5, 5.41) is 5.93. The van der Waals surface area contributed by atoms with Crippen molar-refractivity contribution in [1.29, 1.82) is 0 Å². The van der Waals surface area contributed by atoms with Gasteiger partial charge in [0.15, 0.2) is 0 Å². The fourth-order valence-electron chi connectivity index (χ4n) is 4.65. The van der Waals surface area contributed by atoms with E-state index >= 15 is 0 Å². The van der Waals surface area contributed by atoms with E-state index in [1.165, 1.54) is 6.07 Å². The lowest BCUT2D eigenvalue weighted by Crippen LogP contribution is -2.35. The highest BCUT2D eigenvalue weighted by Crippen LogP contribution is 2.41. The average Bonchev–Trinajstić information content (AvgIpc) is 3.33. The van der Waals surface area contributed by atoms with Gasteiger partial charge < -0.3 is 20.5 Å². The maximum absolute atomic E-state index is 13.8. The summed E-state index contributed by atoms with van der Waals surface area (Å²) in [5.74, 6) is -0.892. The average molecular weight is 509 g/mol. The fourth-order valence-corrected chi connectivity index (χ4v) is 4.83. The van der Waals surface area contributed by atoms with Crippen LogP contribution in [-0.4, -0.2) is 47.9 Å². The van der Waals surface area contributed by atoms with E-state index < -0.39 is 5.82 Å². The van der Waals surface area contributed by atoms with E-state index in [1.54, 1.807) is 18.2 Å². The van der Waals surface area contributed by atoms with E-state index in [2.05, 4.69) is 34.4 Å². The van der Waals surface area contributed by atoms with Crippen molar-refractivity contribution in [3.05, 3.63) is 75.3 Å². The number of amides is 2. The molecule has 3 N–H and O–H groups in total. The lowest BCUT2D eigenvalue weighted by Gasteiger charge is -2.18. The number of rotatable bonds is 8. The third kappa shape index (κ3) is 4.94. The SMILES string of the molecule is CCN(CC)CCNC(=O)c1c(C)[nH]c(C=C2C(=O)Nc3cccc(-c4ccc(F)c(Cl)c4)c32)c1C. The molecule has 4 rings (SSSR count). The predicted octanol–water partition coefficient (Wildman–Crippen LogP) is 5.66. The lowest BCUT2D eigenvalue weighted by atomic mass is 9.94. The van der Waals surface area contributed by atoms with Gasteiger partial charge in [-0.15, -0.1) is 0 Å². The summed E-state index contributed by atoms with van der Waals surface area (Å²) < 4.78 is 13.8. The summed E-state index contributed by atoms with van der Waals surface area (Å²) in [6.07, 6.45) is 1.77. The second-order valence-corrected chi connectivity index (χ2v) is 9.22. The molecule has 8 heteroatoms. The van der Waals surface area contributed by atoms with Crippen LogP contribution in [0.4, 0.5) is 10.1 Å². The van der Waals surface area contributed by atoms with Crippen molar-refractivity contribution < 1.29 is 14.0 Å². The van der Waals surface area contributed by atoms with E-state index in [4.69, 9.17) is 11.6 Å². The van der Waals surface area contributed by atoms with Crippen LogP contribution in [0.5, 0.6) is 0 Å². The molecule has 1 aliphatic rings. The summed E-state index contributed by atoms with van der Waals surface area (Å²) in [6, 6.07) is 10.0. The standard InChI is InChI=1S/C28H30ClFN4O2/c1-5-34(6-2)13-12-31-28(36)25-16(3)24(32-17(25)4)15-20-26-19(8-7-9-23(26)33-27(20)35)18-10-11-22(30)21(29)14-18/h7-11,14-15,32H,5-6,12-13H2,1-4H3,(H,31,36)(H,33,35). The van der Waals surface area contributed by atoms with Crippen molar-refractivity contribution in [2.75, 3.05) is 31.5 Å². The zero-order valence-corrected chi connectivity index (χ0v) is 21.6. The molecule has 188 valence electrons. The van der Waals surface area contributed by atoms with Crippen LogP contribution in [0.15, 0.2) is 36.4 Å². The third-order valence-corrected chi connectivity index (χ3v) is 6.95. The van der Waals surface area contributed by atoms with E-state index in [9.17, 15) is 14.0 Å². The van der Waals surface area contributed by atoms with Gasteiger partial charge in [0.1, 0.15) is 5.82 Å². The fraction of sp³-hybridized carbons (Fsp3) is 0.286. The Morgan fingerprint density at radius 2 is 1.92 bits per heavy atom. The summed E-state index contributed by atoms with van der Waals surface area (Å²) >= 11 is 6.03. The lowest BCUT2D eigenvalue weighted by molar-refractivity contribution is -0.110. The molecular weight excluding hydrogens is 479 g/mol. The highest BCUT2D eigenvalue weighted by molar-refractivity contribution is 6.36. The molecule has 0 atom stereocenters. The largest absolute Gasteiger partial charge is 0.358 e. The van der Waals surface area contributed by atoms with Gasteiger partial charge in [-0.05, 0) is 67.9 Å². The number of anilines is 1. The minimum absolute atomic E-state index is 0.0143. The van der Waals surface area contributed by atoms with E-state index in [-0.39, 0.29) is 16.8 Å². The number of likely N-dealkylation sites (N-methyl/N-ethyl adjacent to an activating group) is 1. The summed E-state index contributed by atoms with van der Waals surface area (Å²) in [6.45, 7) is 11.1. The molecule has 0 saturated carbocycles. The molecule has 0 fully saturated rings. The number of halogens is 2. The Morgan fingerprint density at radius 1 is 1.17 bits per heavy atom. The van der Waals surface area contributed by atoms with Crippen LogP contribution in [0.25, 0.3) is 22.8 Å². The minimum Gasteiger partial charge on any atom is -0.358 e. The second-order valence-electron chi connectivity index (χ2n) is 8.82.